The summed E-state index contributed by atoms with van der Waals surface area (Å²) in [7, 11) is 1.49. The van der Waals surface area contributed by atoms with Crippen LogP contribution in [0, 0.1) is 5.41 Å². The number of nitrogens with one attached hydrogen (secondary N) is 1. The Hall–Kier alpha value is -2.28. The summed E-state index contributed by atoms with van der Waals surface area (Å²) in [5.74, 6) is -0.592. The van der Waals surface area contributed by atoms with E-state index in [4.69, 9.17) is 14.2 Å². The van der Waals surface area contributed by atoms with Crippen LogP contribution in [-0.4, -0.2) is 48.9 Å². The fourth-order valence-electron chi connectivity index (χ4n) is 3.39. The number of carbonyl (C=O) groups is 2. The molecule has 0 radical (unpaired) electrons. The maximum absolute atomic E-state index is 12.7. The van der Waals surface area contributed by atoms with E-state index in [9.17, 15) is 14.7 Å². The highest BCUT2D eigenvalue weighted by Crippen LogP contribution is 2.51. The van der Waals surface area contributed by atoms with Crippen LogP contribution in [-0.2, 0) is 9.53 Å². The van der Waals surface area contributed by atoms with Crippen molar-refractivity contribution in [2.75, 3.05) is 20.3 Å². The quantitative estimate of drug-likeness (QED) is 0.735. The van der Waals surface area contributed by atoms with Gasteiger partial charge in [0.05, 0.1) is 19.8 Å². The maximum atomic E-state index is 12.7. The van der Waals surface area contributed by atoms with Crippen molar-refractivity contribution in [2.24, 2.45) is 5.41 Å². The van der Waals surface area contributed by atoms with Crippen molar-refractivity contribution in [3.05, 3.63) is 23.8 Å². The first-order valence-corrected chi connectivity index (χ1v) is 8.71. The minimum Gasteiger partial charge on any atom is -0.493 e. The van der Waals surface area contributed by atoms with Crippen LogP contribution < -0.4 is 14.8 Å². The standard InChI is InChI=1S/C19H27NO6/c1-6-25-13-9-8-12(10-14(13)24-5)16(21)20-19(17(22)23)11-15(26-7-2)18(19,3)4/h8-10,15H,6-7,11H2,1-5H3,(H,20,21)(H,22,23). The molecule has 1 amide bonds. The van der Waals surface area contributed by atoms with E-state index in [-0.39, 0.29) is 12.5 Å². The minimum atomic E-state index is -1.38. The molecule has 7 heteroatoms. The molecule has 1 aromatic carbocycles. The lowest BCUT2D eigenvalue weighted by Crippen LogP contribution is -2.76. The van der Waals surface area contributed by atoms with Gasteiger partial charge in [-0.1, -0.05) is 13.8 Å². The van der Waals surface area contributed by atoms with Crippen LogP contribution in [0.4, 0.5) is 0 Å². The molecule has 144 valence electrons. The second-order valence-corrected chi connectivity index (χ2v) is 6.83. The van der Waals surface area contributed by atoms with Crippen LogP contribution in [0.1, 0.15) is 44.5 Å². The van der Waals surface area contributed by atoms with Crippen LogP contribution in [0.5, 0.6) is 11.5 Å². The third-order valence-electron chi connectivity index (χ3n) is 5.18. The molecule has 2 N–H and O–H groups in total. The molecule has 26 heavy (non-hydrogen) atoms. The summed E-state index contributed by atoms with van der Waals surface area (Å²) in [6.45, 7) is 8.27. The summed E-state index contributed by atoms with van der Waals surface area (Å²) in [5, 5.41) is 12.5. The van der Waals surface area contributed by atoms with Crippen molar-refractivity contribution >= 4 is 11.9 Å². The largest absolute Gasteiger partial charge is 0.493 e. The number of hydrogen-bond donors (Lipinski definition) is 2. The Morgan fingerprint density at radius 3 is 2.42 bits per heavy atom. The first kappa shape index (κ1) is 20.0. The zero-order valence-corrected chi connectivity index (χ0v) is 15.9. The Morgan fingerprint density at radius 2 is 1.92 bits per heavy atom. The summed E-state index contributed by atoms with van der Waals surface area (Å²) >= 11 is 0. The second-order valence-electron chi connectivity index (χ2n) is 6.83. The number of carbonyl (C=O) groups excluding carboxylic acids is 1. The molecule has 0 aromatic heterocycles. The lowest BCUT2D eigenvalue weighted by atomic mass is 9.54. The van der Waals surface area contributed by atoms with Crippen molar-refractivity contribution in [3.8, 4) is 11.5 Å². The molecule has 2 unspecified atom stereocenters. The molecular weight excluding hydrogens is 338 g/mol. The van der Waals surface area contributed by atoms with Crippen LogP contribution >= 0.6 is 0 Å². The van der Waals surface area contributed by atoms with Gasteiger partial charge in [-0.05, 0) is 32.0 Å². The molecule has 1 fully saturated rings. The molecule has 0 saturated heterocycles. The SMILES string of the molecule is CCOc1ccc(C(=O)NC2(C(=O)O)CC(OCC)C2(C)C)cc1OC. The lowest BCUT2D eigenvalue weighted by molar-refractivity contribution is -0.190. The highest BCUT2D eigenvalue weighted by Gasteiger charge is 2.66. The molecule has 0 aliphatic heterocycles. The van der Waals surface area contributed by atoms with Crippen molar-refractivity contribution in [3.63, 3.8) is 0 Å². The summed E-state index contributed by atoms with van der Waals surface area (Å²) in [5.41, 5.74) is -1.81. The number of aliphatic carboxylic acids is 1. The fraction of sp³-hybridized carbons (Fsp3) is 0.579. The van der Waals surface area contributed by atoms with Crippen LogP contribution in [0.15, 0.2) is 18.2 Å². The van der Waals surface area contributed by atoms with Crippen molar-refractivity contribution in [1.82, 2.24) is 5.32 Å². The molecular formula is C19H27NO6. The normalized spacial score (nSPS) is 23.7. The summed E-state index contributed by atoms with van der Waals surface area (Å²) < 4.78 is 16.3. The number of hydrogen-bond acceptors (Lipinski definition) is 5. The van der Waals surface area contributed by atoms with Crippen LogP contribution in [0.2, 0.25) is 0 Å². The summed E-state index contributed by atoms with van der Waals surface area (Å²) in [6.07, 6.45) is 0.00191. The number of rotatable bonds is 8. The van der Waals surface area contributed by atoms with Gasteiger partial charge in [-0.25, -0.2) is 4.79 Å². The number of ether oxygens (including phenoxy) is 3. The molecule has 2 atom stereocenters. The van der Waals surface area contributed by atoms with E-state index < -0.39 is 22.8 Å². The van der Waals surface area contributed by atoms with Crippen molar-refractivity contribution in [1.29, 1.82) is 0 Å². The number of methoxy groups -OCH3 is 1. The van der Waals surface area contributed by atoms with E-state index >= 15 is 0 Å². The molecule has 1 aromatic rings. The number of carboxylic acid groups (broad SMARTS) is 1. The summed E-state index contributed by atoms with van der Waals surface area (Å²) in [6, 6.07) is 4.77. The Bertz CT molecular complexity index is 687. The molecule has 2 rings (SSSR count). The van der Waals surface area contributed by atoms with Crippen LogP contribution in [0.3, 0.4) is 0 Å². The van der Waals surface area contributed by atoms with Gasteiger partial charge in [-0.3, -0.25) is 4.79 Å². The van der Waals surface area contributed by atoms with E-state index in [2.05, 4.69) is 5.32 Å². The van der Waals surface area contributed by atoms with Gasteiger partial charge in [0.25, 0.3) is 5.91 Å². The van der Waals surface area contributed by atoms with E-state index in [1.807, 2.05) is 13.8 Å². The number of carboxylic acids is 1. The Labute approximate surface area is 153 Å². The van der Waals surface area contributed by atoms with Gasteiger partial charge < -0.3 is 24.6 Å². The van der Waals surface area contributed by atoms with Crippen molar-refractivity contribution < 1.29 is 28.9 Å². The number of benzene rings is 1. The van der Waals surface area contributed by atoms with E-state index in [0.717, 1.165) is 0 Å². The molecule has 0 spiro atoms. The average molecular weight is 365 g/mol. The predicted octanol–water partition coefficient (Wildman–Crippen LogP) is 2.48. The lowest BCUT2D eigenvalue weighted by Gasteiger charge is -2.58. The monoisotopic (exact) mass is 365 g/mol. The highest BCUT2D eigenvalue weighted by atomic mass is 16.5. The van der Waals surface area contributed by atoms with Crippen molar-refractivity contribution in [2.45, 2.75) is 45.8 Å². The van der Waals surface area contributed by atoms with Crippen LogP contribution in [0.25, 0.3) is 0 Å². The van der Waals surface area contributed by atoms with E-state index in [1.165, 1.54) is 7.11 Å². The molecule has 1 aliphatic rings. The smallest absolute Gasteiger partial charge is 0.330 e. The predicted molar refractivity (Wildman–Crippen MR) is 95.8 cm³/mol. The fourth-order valence-corrected chi connectivity index (χ4v) is 3.39. The van der Waals surface area contributed by atoms with Gasteiger partial charge >= 0.3 is 5.97 Å². The van der Waals surface area contributed by atoms with Gasteiger partial charge in [0.15, 0.2) is 11.5 Å². The minimum absolute atomic E-state index is 0.223. The van der Waals surface area contributed by atoms with Gasteiger partial charge in [0.2, 0.25) is 0 Å². The van der Waals surface area contributed by atoms with Gasteiger partial charge in [-0.15, -0.1) is 0 Å². The third-order valence-corrected chi connectivity index (χ3v) is 5.18. The van der Waals surface area contributed by atoms with Gasteiger partial charge in [-0.2, -0.15) is 0 Å². The maximum Gasteiger partial charge on any atom is 0.330 e. The molecule has 0 heterocycles. The second kappa shape index (κ2) is 7.53. The molecule has 1 saturated carbocycles. The Balaban J connectivity index is 2.26. The molecule has 7 nitrogen and oxygen atoms in total. The van der Waals surface area contributed by atoms with Gasteiger partial charge in [0, 0.05) is 24.0 Å². The average Bonchev–Trinajstić information content (AvgIpc) is 2.60. The third kappa shape index (κ3) is 3.23. The molecule has 1 aliphatic carbocycles. The van der Waals surface area contributed by atoms with Gasteiger partial charge in [0.1, 0.15) is 5.54 Å². The topological polar surface area (TPSA) is 94.1 Å². The van der Waals surface area contributed by atoms with E-state index in [0.29, 0.717) is 30.3 Å². The molecule has 0 bridgehead atoms. The Morgan fingerprint density at radius 1 is 1.23 bits per heavy atom. The zero-order valence-electron chi connectivity index (χ0n) is 15.9. The summed E-state index contributed by atoms with van der Waals surface area (Å²) in [4.78, 5) is 24.7. The number of amides is 1. The van der Waals surface area contributed by atoms with E-state index in [1.54, 1.807) is 32.0 Å². The zero-order chi connectivity index (χ0) is 19.5. The first-order chi connectivity index (χ1) is 12.2. The Kier molecular flexibility index (Phi) is 5.81. The first-order valence-electron chi connectivity index (χ1n) is 8.71. The highest BCUT2D eigenvalue weighted by molar-refractivity contribution is 5.99.